The van der Waals surface area contributed by atoms with Gasteiger partial charge in [-0.2, -0.15) is 0 Å². The molecule has 2 heterocycles. The molecule has 13 heteroatoms. The number of thiazole rings is 1. The molecule has 1 atom stereocenters. The number of nitro groups is 1. The van der Waals surface area contributed by atoms with E-state index >= 15 is 0 Å². The first-order chi connectivity index (χ1) is 18.7. The SMILES string of the molecule is CCn1c(SCC(=O)Nc2nc(-c3ccc(C)c([N+](=O)[O-])c3)cs2)nnc1[C@@H](C)NC(=O)c1cccc(C)c1. The molecule has 2 aromatic heterocycles. The van der Waals surface area contributed by atoms with Crippen LogP contribution in [0.1, 0.15) is 47.2 Å². The van der Waals surface area contributed by atoms with Crippen molar-refractivity contribution in [3.8, 4) is 11.3 Å². The second-order valence-electron chi connectivity index (χ2n) is 8.78. The Labute approximate surface area is 233 Å². The van der Waals surface area contributed by atoms with E-state index in [0.717, 1.165) is 5.56 Å². The van der Waals surface area contributed by atoms with Crippen molar-refractivity contribution < 1.29 is 14.5 Å². The lowest BCUT2D eigenvalue weighted by Crippen LogP contribution is -2.28. The summed E-state index contributed by atoms with van der Waals surface area (Å²) in [4.78, 5) is 40.5. The van der Waals surface area contributed by atoms with E-state index in [2.05, 4.69) is 25.8 Å². The van der Waals surface area contributed by atoms with Crippen molar-refractivity contribution in [3.63, 3.8) is 0 Å². The van der Waals surface area contributed by atoms with Crippen molar-refractivity contribution in [2.24, 2.45) is 0 Å². The van der Waals surface area contributed by atoms with Crippen molar-refractivity contribution in [2.45, 2.75) is 45.4 Å². The van der Waals surface area contributed by atoms with Gasteiger partial charge in [-0.05, 0) is 39.8 Å². The highest BCUT2D eigenvalue weighted by Crippen LogP contribution is 2.29. The third-order valence-corrected chi connectivity index (χ3v) is 7.59. The number of hydrogen-bond acceptors (Lipinski definition) is 9. The quantitative estimate of drug-likeness (QED) is 0.152. The van der Waals surface area contributed by atoms with Crippen LogP contribution in [0.15, 0.2) is 53.0 Å². The minimum Gasteiger partial charge on any atom is -0.342 e. The van der Waals surface area contributed by atoms with E-state index in [9.17, 15) is 19.7 Å². The first kappa shape index (κ1) is 27.9. The second kappa shape index (κ2) is 12.2. The Hall–Kier alpha value is -4.10. The normalized spacial score (nSPS) is 11.7. The van der Waals surface area contributed by atoms with E-state index in [4.69, 9.17) is 0 Å². The number of carbonyl (C=O) groups is 2. The van der Waals surface area contributed by atoms with Gasteiger partial charge < -0.3 is 15.2 Å². The fraction of sp³-hybridized carbons (Fsp3) is 0.269. The molecule has 0 unspecified atom stereocenters. The molecule has 202 valence electrons. The van der Waals surface area contributed by atoms with Crippen LogP contribution in [0.25, 0.3) is 11.3 Å². The topological polar surface area (TPSA) is 145 Å². The van der Waals surface area contributed by atoms with Crippen molar-refractivity contribution in [2.75, 3.05) is 11.1 Å². The largest absolute Gasteiger partial charge is 0.342 e. The summed E-state index contributed by atoms with van der Waals surface area (Å²) in [5, 5.41) is 28.2. The predicted octanol–water partition coefficient (Wildman–Crippen LogP) is 5.17. The first-order valence-corrected chi connectivity index (χ1v) is 14.0. The Balaban J connectivity index is 1.36. The van der Waals surface area contributed by atoms with Gasteiger partial charge in [-0.3, -0.25) is 19.7 Å². The van der Waals surface area contributed by atoms with Crippen molar-refractivity contribution in [1.29, 1.82) is 0 Å². The number of rotatable bonds is 10. The second-order valence-corrected chi connectivity index (χ2v) is 10.6. The van der Waals surface area contributed by atoms with Gasteiger partial charge in [-0.15, -0.1) is 21.5 Å². The number of hydrogen-bond donors (Lipinski definition) is 2. The number of nitro benzene ring substituents is 1. The number of aryl methyl sites for hydroxylation is 2. The Bertz CT molecular complexity index is 1530. The maximum atomic E-state index is 12.7. The van der Waals surface area contributed by atoms with Gasteiger partial charge >= 0.3 is 0 Å². The van der Waals surface area contributed by atoms with E-state index in [-0.39, 0.29) is 29.3 Å². The minimum absolute atomic E-state index is 0.0194. The zero-order chi connectivity index (χ0) is 28.1. The highest BCUT2D eigenvalue weighted by Gasteiger charge is 2.21. The number of thioether (sulfide) groups is 1. The fourth-order valence-corrected chi connectivity index (χ4v) is 5.42. The number of benzene rings is 2. The van der Waals surface area contributed by atoms with Gasteiger partial charge in [-0.1, -0.05) is 41.6 Å². The molecule has 0 aliphatic carbocycles. The van der Waals surface area contributed by atoms with Crippen LogP contribution in [0, 0.1) is 24.0 Å². The summed E-state index contributed by atoms with van der Waals surface area (Å²) in [6.07, 6.45) is 0. The van der Waals surface area contributed by atoms with E-state index in [1.54, 1.807) is 30.5 Å². The average Bonchev–Trinajstić information content (AvgIpc) is 3.54. The molecule has 0 saturated heterocycles. The smallest absolute Gasteiger partial charge is 0.272 e. The lowest BCUT2D eigenvalue weighted by molar-refractivity contribution is -0.385. The van der Waals surface area contributed by atoms with Gasteiger partial charge in [-0.25, -0.2) is 4.98 Å². The molecule has 2 amide bonds. The van der Waals surface area contributed by atoms with Crippen molar-refractivity contribution in [1.82, 2.24) is 25.1 Å². The summed E-state index contributed by atoms with van der Waals surface area (Å²) < 4.78 is 1.87. The number of aromatic nitrogens is 4. The summed E-state index contributed by atoms with van der Waals surface area (Å²) in [6, 6.07) is 11.9. The van der Waals surface area contributed by atoms with Crippen LogP contribution in [-0.4, -0.2) is 42.2 Å². The number of anilines is 1. The Morgan fingerprint density at radius 1 is 1.18 bits per heavy atom. The zero-order valence-corrected chi connectivity index (χ0v) is 23.4. The van der Waals surface area contributed by atoms with Gasteiger partial charge in [0.25, 0.3) is 11.6 Å². The van der Waals surface area contributed by atoms with E-state index in [1.807, 2.05) is 43.5 Å². The molecule has 0 bridgehead atoms. The van der Waals surface area contributed by atoms with Crippen LogP contribution in [0.2, 0.25) is 0 Å². The standard InChI is InChI=1S/C26H27N7O4S2/c1-5-32-23(17(4)27-24(35)19-8-6-7-15(2)11-19)30-31-26(32)39-14-22(34)29-25-28-20(13-38-25)18-10-9-16(3)21(12-18)33(36)37/h6-13,17H,5,14H2,1-4H3,(H,27,35)(H,28,29,34)/t17-/m1/s1. The van der Waals surface area contributed by atoms with Gasteiger partial charge in [0.05, 0.1) is 22.4 Å². The third-order valence-electron chi connectivity index (χ3n) is 5.86. The number of amides is 2. The molecule has 0 fully saturated rings. The molecule has 39 heavy (non-hydrogen) atoms. The number of carbonyl (C=O) groups excluding carboxylic acids is 2. The predicted molar refractivity (Wildman–Crippen MR) is 151 cm³/mol. The monoisotopic (exact) mass is 565 g/mol. The molecule has 11 nitrogen and oxygen atoms in total. The van der Waals surface area contributed by atoms with E-state index in [0.29, 0.717) is 45.0 Å². The highest BCUT2D eigenvalue weighted by molar-refractivity contribution is 7.99. The minimum atomic E-state index is -0.426. The van der Waals surface area contributed by atoms with Crippen LogP contribution < -0.4 is 10.6 Å². The molecule has 0 saturated carbocycles. The van der Waals surface area contributed by atoms with Gasteiger partial charge in [0.15, 0.2) is 16.1 Å². The Morgan fingerprint density at radius 2 is 1.97 bits per heavy atom. The molecule has 4 aromatic rings. The molecule has 4 rings (SSSR count). The molecule has 2 aromatic carbocycles. The lowest BCUT2D eigenvalue weighted by atomic mass is 10.1. The fourth-order valence-electron chi connectivity index (χ4n) is 3.87. The highest BCUT2D eigenvalue weighted by atomic mass is 32.2. The molecule has 0 spiro atoms. The summed E-state index contributed by atoms with van der Waals surface area (Å²) in [7, 11) is 0. The molecule has 0 radical (unpaired) electrons. The Morgan fingerprint density at radius 3 is 2.69 bits per heavy atom. The maximum absolute atomic E-state index is 12.7. The lowest BCUT2D eigenvalue weighted by Gasteiger charge is -2.15. The van der Waals surface area contributed by atoms with E-state index < -0.39 is 4.92 Å². The van der Waals surface area contributed by atoms with Crippen LogP contribution >= 0.6 is 23.1 Å². The Kier molecular flexibility index (Phi) is 8.72. The first-order valence-electron chi connectivity index (χ1n) is 12.1. The summed E-state index contributed by atoms with van der Waals surface area (Å²) >= 11 is 2.47. The molecule has 0 aliphatic heterocycles. The molecule has 0 aliphatic rings. The van der Waals surface area contributed by atoms with Crippen molar-refractivity contribution in [3.05, 3.63) is 80.5 Å². The third kappa shape index (κ3) is 6.67. The van der Waals surface area contributed by atoms with Crippen LogP contribution in [-0.2, 0) is 11.3 Å². The van der Waals surface area contributed by atoms with Gasteiger partial charge in [0.2, 0.25) is 5.91 Å². The summed E-state index contributed by atoms with van der Waals surface area (Å²) in [6.45, 7) is 7.96. The van der Waals surface area contributed by atoms with E-state index in [1.165, 1.54) is 29.2 Å². The van der Waals surface area contributed by atoms with Gasteiger partial charge in [0.1, 0.15) is 0 Å². The molecular weight excluding hydrogens is 538 g/mol. The summed E-state index contributed by atoms with van der Waals surface area (Å²) in [5.41, 5.74) is 3.30. The maximum Gasteiger partial charge on any atom is 0.272 e. The number of nitrogens with one attached hydrogen (secondary N) is 2. The average molecular weight is 566 g/mol. The van der Waals surface area contributed by atoms with Crippen LogP contribution in [0.4, 0.5) is 10.8 Å². The van der Waals surface area contributed by atoms with Crippen molar-refractivity contribution >= 4 is 45.7 Å². The van der Waals surface area contributed by atoms with Crippen LogP contribution in [0.5, 0.6) is 0 Å². The van der Waals surface area contributed by atoms with Crippen LogP contribution in [0.3, 0.4) is 0 Å². The molecule has 2 N–H and O–H groups in total. The zero-order valence-electron chi connectivity index (χ0n) is 21.8. The summed E-state index contributed by atoms with van der Waals surface area (Å²) in [5.74, 6) is 0.197. The number of nitrogens with zero attached hydrogens (tertiary/aromatic N) is 5. The molecular formula is C26H27N7O4S2. The van der Waals surface area contributed by atoms with Gasteiger partial charge in [0, 0.05) is 34.7 Å².